The second-order valence-corrected chi connectivity index (χ2v) is 4.34. The normalized spacial score (nSPS) is 19.7. The Hall–Kier alpha value is -1.05. The molecule has 0 aromatic carbocycles. The van der Waals surface area contributed by atoms with Crippen molar-refractivity contribution < 1.29 is 4.79 Å². The van der Waals surface area contributed by atoms with Gasteiger partial charge in [-0.25, -0.2) is 0 Å². The number of carbonyl (C=O) groups is 1. The third-order valence-corrected chi connectivity index (χ3v) is 3.28. The van der Waals surface area contributed by atoms with Crippen molar-refractivity contribution in [3.63, 3.8) is 0 Å². The van der Waals surface area contributed by atoms with Crippen LogP contribution in [0.3, 0.4) is 0 Å². The van der Waals surface area contributed by atoms with Gasteiger partial charge in [-0.15, -0.1) is 13.2 Å². The second kappa shape index (κ2) is 5.15. The lowest BCUT2D eigenvalue weighted by Crippen LogP contribution is -2.53. The van der Waals surface area contributed by atoms with Gasteiger partial charge in [-0.2, -0.15) is 0 Å². The first-order valence-corrected chi connectivity index (χ1v) is 5.66. The molecule has 0 bridgehead atoms. The SMILES string of the molecule is C=CCC1(CC=C)CCCCN1C(C)=O. The van der Waals surface area contributed by atoms with Crippen LogP contribution in [0.2, 0.25) is 0 Å². The molecule has 2 nitrogen and oxygen atoms in total. The largest absolute Gasteiger partial charge is 0.337 e. The van der Waals surface area contributed by atoms with Gasteiger partial charge in [0.15, 0.2) is 0 Å². The monoisotopic (exact) mass is 207 g/mol. The summed E-state index contributed by atoms with van der Waals surface area (Å²) < 4.78 is 0. The molecular formula is C13H21NO. The second-order valence-electron chi connectivity index (χ2n) is 4.34. The van der Waals surface area contributed by atoms with Gasteiger partial charge >= 0.3 is 0 Å². The molecule has 0 radical (unpaired) electrons. The van der Waals surface area contributed by atoms with Gasteiger partial charge in [-0.1, -0.05) is 12.2 Å². The van der Waals surface area contributed by atoms with E-state index in [1.807, 2.05) is 17.1 Å². The van der Waals surface area contributed by atoms with E-state index in [4.69, 9.17) is 0 Å². The Bertz CT molecular complexity index is 247. The van der Waals surface area contributed by atoms with E-state index in [2.05, 4.69) is 13.2 Å². The molecule has 1 saturated heterocycles. The topological polar surface area (TPSA) is 20.3 Å². The molecule has 0 aromatic rings. The molecule has 0 unspecified atom stereocenters. The standard InChI is InChI=1S/C13H21NO/c1-4-8-13(9-5-2)10-6-7-11-14(13)12(3)15/h4-5H,1-2,6-11H2,3H3. The van der Waals surface area contributed by atoms with Crippen LogP contribution in [0.4, 0.5) is 0 Å². The van der Waals surface area contributed by atoms with E-state index in [1.165, 1.54) is 6.42 Å². The molecule has 2 heteroatoms. The van der Waals surface area contributed by atoms with Crippen molar-refractivity contribution in [3.05, 3.63) is 25.3 Å². The molecule has 1 rings (SSSR count). The van der Waals surface area contributed by atoms with Gasteiger partial charge in [0.1, 0.15) is 0 Å². The van der Waals surface area contributed by atoms with Crippen LogP contribution in [-0.4, -0.2) is 22.9 Å². The van der Waals surface area contributed by atoms with Gasteiger partial charge in [0.25, 0.3) is 0 Å². The number of hydrogen-bond acceptors (Lipinski definition) is 1. The van der Waals surface area contributed by atoms with Gasteiger partial charge in [-0.05, 0) is 32.1 Å². The fourth-order valence-corrected chi connectivity index (χ4v) is 2.63. The van der Waals surface area contributed by atoms with Crippen LogP contribution in [0.1, 0.15) is 39.0 Å². The Morgan fingerprint density at radius 1 is 1.33 bits per heavy atom. The zero-order chi connectivity index (χ0) is 11.3. The lowest BCUT2D eigenvalue weighted by atomic mass is 9.81. The maximum Gasteiger partial charge on any atom is 0.219 e. The highest BCUT2D eigenvalue weighted by molar-refractivity contribution is 5.74. The highest BCUT2D eigenvalue weighted by atomic mass is 16.2. The average Bonchev–Trinajstić information content (AvgIpc) is 2.18. The Labute approximate surface area is 92.7 Å². The van der Waals surface area contributed by atoms with Gasteiger partial charge in [-0.3, -0.25) is 4.79 Å². The summed E-state index contributed by atoms with van der Waals surface area (Å²) in [6, 6.07) is 0. The molecule has 1 aliphatic heterocycles. The third-order valence-electron chi connectivity index (χ3n) is 3.28. The molecule has 0 aliphatic carbocycles. The lowest BCUT2D eigenvalue weighted by molar-refractivity contribution is -0.137. The summed E-state index contributed by atoms with van der Waals surface area (Å²) in [4.78, 5) is 13.6. The maximum atomic E-state index is 11.6. The van der Waals surface area contributed by atoms with E-state index >= 15 is 0 Å². The van der Waals surface area contributed by atoms with Crippen molar-refractivity contribution in [3.8, 4) is 0 Å². The van der Waals surface area contributed by atoms with Crippen LogP contribution >= 0.6 is 0 Å². The molecule has 84 valence electrons. The molecule has 0 spiro atoms. The van der Waals surface area contributed by atoms with E-state index in [9.17, 15) is 4.79 Å². The smallest absolute Gasteiger partial charge is 0.219 e. The molecular weight excluding hydrogens is 186 g/mol. The fraction of sp³-hybridized carbons (Fsp3) is 0.615. The summed E-state index contributed by atoms with van der Waals surface area (Å²) in [7, 11) is 0. The zero-order valence-corrected chi connectivity index (χ0v) is 9.67. The Kier molecular flexibility index (Phi) is 4.13. The first-order chi connectivity index (χ1) is 7.16. The van der Waals surface area contributed by atoms with Crippen LogP contribution < -0.4 is 0 Å². The van der Waals surface area contributed by atoms with E-state index < -0.39 is 0 Å². The summed E-state index contributed by atoms with van der Waals surface area (Å²) in [6.45, 7) is 10.2. The van der Waals surface area contributed by atoms with Crippen LogP contribution in [0, 0.1) is 0 Å². The van der Waals surface area contributed by atoms with Crippen molar-refractivity contribution in [1.82, 2.24) is 4.90 Å². The van der Waals surface area contributed by atoms with Crippen LogP contribution in [0.5, 0.6) is 0 Å². The lowest BCUT2D eigenvalue weighted by Gasteiger charge is -2.46. The molecule has 0 atom stereocenters. The highest BCUT2D eigenvalue weighted by Gasteiger charge is 2.37. The molecule has 1 amide bonds. The van der Waals surface area contributed by atoms with Crippen LogP contribution in [0.25, 0.3) is 0 Å². The highest BCUT2D eigenvalue weighted by Crippen LogP contribution is 2.35. The number of amides is 1. The third kappa shape index (κ3) is 2.49. The summed E-state index contributed by atoms with van der Waals surface area (Å²) in [5.74, 6) is 0.179. The Morgan fingerprint density at radius 3 is 2.40 bits per heavy atom. The van der Waals surface area contributed by atoms with Crippen LogP contribution in [-0.2, 0) is 4.79 Å². The fourth-order valence-electron chi connectivity index (χ4n) is 2.63. The van der Waals surface area contributed by atoms with Gasteiger partial charge < -0.3 is 4.90 Å². The Morgan fingerprint density at radius 2 is 1.93 bits per heavy atom. The van der Waals surface area contributed by atoms with E-state index in [1.54, 1.807) is 6.92 Å². The predicted molar refractivity (Wildman–Crippen MR) is 63.6 cm³/mol. The van der Waals surface area contributed by atoms with E-state index in [0.717, 1.165) is 32.2 Å². The predicted octanol–water partition coefficient (Wildman–Crippen LogP) is 2.91. The minimum atomic E-state index is -0.0341. The van der Waals surface area contributed by atoms with Crippen LogP contribution in [0.15, 0.2) is 25.3 Å². The molecule has 15 heavy (non-hydrogen) atoms. The summed E-state index contributed by atoms with van der Waals surface area (Å²) >= 11 is 0. The molecule has 1 aliphatic rings. The number of carbonyl (C=O) groups excluding carboxylic acids is 1. The van der Waals surface area contributed by atoms with Crippen molar-refractivity contribution in [1.29, 1.82) is 0 Å². The van der Waals surface area contributed by atoms with Crippen molar-refractivity contribution in [2.24, 2.45) is 0 Å². The van der Waals surface area contributed by atoms with Gasteiger partial charge in [0.2, 0.25) is 5.91 Å². The minimum Gasteiger partial charge on any atom is -0.337 e. The summed E-state index contributed by atoms with van der Waals surface area (Å²) in [5.41, 5.74) is -0.0341. The number of likely N-dealkylation sites (tertiary alicyclic amines) is 1. The molecule has 0 aromatic heterocycles. The molecule has 0 saturated carbocycles. The van der Waals surface area contributed by atoms with Crippen molar-refractivity contribution in [2.75, 3.05) is 6.54 Å². The van der Waals surface area contributed by atoms with Gasteiger partial charge in [0.05, 0.1) is 0 Å². The molecule has 0 N–H and O–H groups in total. The number of rotatable bonds is 4. The minimum absolute atomic E-state index is 0.0341. The average molecular weight is 207 g/mol. The number of hydrogen-bond donors (Lipinski definition) is 0. The maximum absolute atomic E-state index is 11.6. The first-order valence-electron chi connectivity index (χ1n) is 5.66. The number of piperidine rings is 1. The van der Waals surface area contributed by atoms with Crippen molar-refractivity contribution >= 4 is 5.91 Å². The van der Waals surface area contributed by atoms with E-state index in [-0.39, 0.29) is 11.4 Å². The Balaban J connectivity index is 2.91. The van der Waals surface area contributed by atoms with E-state index in [0.29, 0.717) is 0 Å². The number of nitrogens with zero attached hydrogens (tertiary/aromatic N) is 1. The summed E-state index contributed by atoms with van der Waals surface area (Å²) in [6.07, 6.45) is 8.98. The first kappa shape index (κ1) is 12.0. The molecule has 1 fully saturated rings. The quantitative estimate of drug-likeness (QED) is 0.649. The molecule has 1 heterocycles. The zero-order valence-electron chi connectivity index (χ0n) is 9.67. The summed E-state index contributed by atoms with van der Waals surface area (Å²) in [5, 5.41) is 0. The van der Waals surface area contributed by atoms with Gasteiger partial charge in [0, 0.05) is 19.0 Å². The van der Waals surface area contributed by atoms with Crippen molar-refractivity contribution in [2.45, 2.75) is 44.6 Å².